The average Bonchev–Trinajstić information content (AvgIpc) is 3.43. The number of pyridine rings is 2. The second-order valence-electron chi connectivity index (χ2n) is 9.76. The number of aromatic nitrogens is 4. The third-order valence-electron chi connectivity index (χ3n) is 7.51. The molecule has 37 heavy (non-hydrogen) atoms. The van der Waals surface area contributed by atoms with Crippen molar-refractivity contribution in [2.45, 2.75) is 46.4 Å². The minimum Gasteiger partial charge on any atom is -0.339 e. The van der Waals surface area contributed by atoms with Gasteiger partial charge in [-0.15, -0.1) is 0 Å². The molecule has 0 aliphatic heterocycles. The summed E-state index contributed by atoms with van der Waals surface area (Å²) in [7, 11) is 0. The number of para-hydroxylation sites is 2. The Labute approximate surface area is 217 Å². The highest BCUT2D eigenvalue weighted by Gasteiger charge is 2.15. The van der Waals surface area contributed by atoms with Crippen LogP contribution in [0.2, 0.25) is 0 Å². The van der Waals surface area contributed by atoms with Gasteiger partial charge in [-0.3, -0.25) is 14.9 Å². The highest BCUT2D eigenvalue weighted by atomic mass is 15.1. The Morgan fingerprint density at radius 2 is 1.16 bits per heavy atom. The number of fused-ring (bicyclic) bond motifs is 6. The molecule has 0 unspecified atom stereocenters. The zero-order valence-electron chi connectivity index (χ0n) is 21.7. The molecular formula is C31H34N6. The molecule has 0 bridgehead atoms. The van der Waals surface area contributed by atoms with E-state index in [1.54, 1.807) is 0 Å². The van der Waals surface area contributed by atoms with Crippen molar-refractivity contribution in [3.05, 3.63) is 84.4 Å². The zero-order valence-corrected chi connectivity index (χ0v) is 21.7. The summed E-state index contributed by atoms with van der Waals surface area (Å²) in [6, 6.07) is 21.8. The van der Waals surface area contributed by atoms with Crippen molar-refractivity contribution in [2.75, 3.05) is 13.1 Å². The Hall–Kier alpha value is -3.74. The summed E-state index contributed by atoms with van der Waals surface area (Å²) >= 11 is 0. The average molecular weight is 491 g/mol. The maximum Gasteiger partial charge on any atom is 0.0677 e. The molecule has 188 valence electrons. The summed E-state index contributed by atoms with van der Waals surface area (Å²) in [4.78, 5) is 12.2. The minimum absolute atomic E-state index is 0.670. The Bertz CT molecular complexity index is 1590. The van der Waals surface area contributed by atoms with Crippen molar-refractivity contribution in [1.29, 1.82) is 0 Å². The normalized spacial score (nSPS) is 12.1. The van der Waals surface area contributed by atoms with Crippen molar-refractivity contribution in [3.8, 4) is 0 Å². The van der Waals surface area contributed by atoms with Crippen LogP contribution in [-0.4, -0.2) is 37.1 Å². The van der Waals surface area contributed by atoms with E-state index in [0.717, 1.165) is 50.5 Å². The van der Waals surface area contributed by atoms with E-state index in [1.165, 1.54) is 43.6 Å². The van der Waals surface area contributed by atoms with Gasteiger partial charge in [-0.1, -0.05) is 36.4 Å². The van der Waals surface area contributed by atoms with Crippen molar-refractivity contribution in [1.82, 2.24) is 24.0 Å². The number of aryl methyl sites for hydroxylation is 2. The monoisotopic (exact) mass is 490 g/mol. The lowest BCUT2D eigenvalue weighted by molar-refractivity contribution is 0.249. The molecule has 4 heterocycles. The van der Waals surface area contributed by atoms with E-state index in [2.05, 4.69) is 88.5 Å². The van der Waals surface area contributed by atoms with Crippen molar-refractivity contribution in [3.63, 3.8) is 0 Å². The van der Waals surface area contributed by atoms with Crippen LogP contribution in [0.1, 0.15) is 31.7 Å². The fraction of sp³-hybridized carbons (Fsp3) is 0.290. The van der Waals surface area contributed by atoms with Gasteiger partial charge in [0.2, 0.25) is 0 Å². The van der Waals surface area contributed by atoms with Gasteiger partial charge in [0.25, 0.3) is 0 Å². The number of benzene rings is 2. The van der Waals surface area contributed by atoms with Gasteiger partial charge in [0, 0.05) is 65.3 Å². The molecule has 6 aromatic rings. The van der Waals surface area contributed by atoms with Crippen LogP contribution < -0.4 is 5.73 Å². The maximum atomic E-state index is 5.91. The fourth-order valence-electron chi connectivity index (χ4n) is 5.82. The molecular weight excluding hydrogens is 456 g/mol. The lowest BCUT2D eigenvalue weighted by atomic mass is 10.1. The molecule has 2 N–H and O–H groups in total. The summed E-state index contributed by atoms with van der Waals surface area (Å²) in [5.74, 6) is 0. The molecule has 0 aliphatic carbocycles. The third-order valence-corrected chi connectivity index (χ3v) is 7.51. The Morgan fingerprint density at radius 3 is 1.62 bits per heavy atom. The molecule has 2 aromatic carbocycles. The predicted octanol–water partition coefficient (Wildman–Crippen LogP) is 6.08. The van der Waals surface area contributed by atoms with E-state index >= 15 is 0 Å². The SMILES string of the molecule is CCn1c2ccccc2c2cc(CN(CCCN)Cc3cc4c5ccccc5n(CC)c4cn3)ncc21. The summed E-state index contributed by atoms with van der Waals surface area (Å²) in [6.07, 6.45) is 5.02. The molecule has 0 saturated heterocycles. The van der Waals surface area contributed by atoms with Gasteiger partial charge in [-0.25, -0.2) is 0 Å². The highest BCUT2D eigenvalue weighted by molar-refractivity contribution is 6.08. The van der Waals surface area contributed by atoms with Gasteiger partial charge < -0.3 is 14.9 Å². The van der Waals surface area contributed by atoms with E-state index in [1.807, 2.05) is 12.4 Å². The molecule has 6 heteroatoms. The lowest BCUT2D eigenvalue weighted by Gasteiger charge is -2.21. The standard InChI is InChI=1S/C31H34N6/c1-3-36-28-12-7-5-10-24(28)26-16-22(33-18-30(26)36)20-35(15-9-14-32)21-23-17-27-25-11-6-8-13-29(25)37(4-2)31(27)19-34-23/h5-8,10-13,16-19H,3-4,9,14-15,20-21,32H2,1-2H3. The van der Waals surface area contributed by atoms with Gasteiger partial charge in [0.15, 0.2) is 0 Å². The van der Waals surface area contributed by atoms with Crippen molar-refractivity contribution >= 4 is 43.6 Å². The van der Waals surface area contributed by atoms with Crippen molar-refractivity contribution < 1.29 is 0 Å². The van der Waals surface area contributed by atoms with Gasteiger partial charge in [0.1, 0.15) is 0 Å². The van der Waals surface area contributed by atoms with Gasteiger partial charge in [-0.2, -0.15) is 0 Å². The first-order valence-electron chi connectivity index (χ1n) is 13.4. The third kappa shape index (κ3) is 4.16. The number of hydrogen-bond donors (Lipinski definition) is 1. The predicted molar refractivity (Wildman–Crippen MR) is 154 cm³/mol. The van der Waals surface area contributed by atoms with Crippen LogP contribution >= 0.6 is 0 Å². The van der Waals surface area contributed by atoms with E-state index in [0.29, 0.717) is 6.54 Å². The Balaban J connectivity index is 1.34. The minimum atomic E-state index is 0.670. The van der Waals surface area contributed by atoms with Crippen LogP contribution in [-0.2, 0) is 26.2 Å². The molecule has 0 saturated carbocycles. The molecule has 0 aliphatic rings. The topological polar surface area (TPSA) is 64.9 Å². The first-order chi connectivity index (χ1) is 18.2. The van der Waals surface area contributed by atoms with Crippen LogP contribution in [0.15, 0.2) is 73.1 Å². The lowest BCUT2D eigenvalue weighted by Crippen LogP contribution is -2.26. The van der Waals surface area contributed by atoms with Gasteiger partial charge >= 0.3 is 0 Å². The van der Waals surface area contributed by atoms with Gasteiger partial charge in [0.05, 0.1) is 34.8 Å². The second-order valence-corrected chi connectivity index (χ2v) is 9.76. The van der Waals surface area contributed by atoms with E-state index in [4.69, 9.17) is 15.7 Å². The first-order valence-corrected chi connectivity index (χ1v) is 13.4. The largest absolute Gasteiger partial charge is 0.339 e. The smallest absolute Gasteiger partial charge is 0.0677 e. The fourth-order valence-corrected chi connectivity index (χ4v) is 5.82. The van der Waals surface area contributed by atoms with Crippen LogP contribution in [0, 0.1) is 0 Å². The van der Waals surface area contributed by atoms with Crippen LogP contribution in [0.4, 0.5) is 0 Å². The Morgan fingerprint density at radius 1 is 0.676 bits per heavy atom. The number of rotatable bonds is 9. The molecule has 0 amide bonds. The molecule has 0 spiro atoms. The van der Waals surface area contributed by atoms with E-state index in [-0.39, 0.29) is 0 Å². The number of hydrogen-bond acceptors (Lipinski definition) is 4. The van der Waals surface area contributed by atoms with E-state index < -0.39 is 0 Å². The molecule has 0 radical (unpaired) electrons. The molecule has 6 nitrogen and oxygen atoms in total. The summed E-state index contributed by atoms with van der Waals surface area (Å²) in [6.45, 7) is 9.33. The second kappa shape index (κ2) is 9.96. The highest BCUT2D eigenvalue weighted by Crippen LogP contribution is 2.31. The molecule has 6 rings (SSSR count). The zero-order chi connectivity index (χ0) is 25.4. The molecule has 0 fully saturated rings. The van der Waals surface area contributed by atoms with Crippen LogP contribution in [0.3, 0.4) is 0 Å². The summed E-state index contributed by atoms with van der Waals surface area (Å²) in [5.41, 5.74) is 13.0. The first kappa shape index (κ1) is 23.6. The van der Waals surface area contributed by atoms with E-state index in [9.17, 15) is 0 Å². The number of nitrogens with two attached hydrogens (primary N) is 1. The van der Waals surface area contributed by atoms with Gasteiger partial charge in [-0.05, 0) is 51.1 Å². The summed E-state index contributed by atoms with van der Waals surface area (Å²) < 4.78 is 4.69. The van der Waals surface area contributed by atoms with Crippen LogP contribution in [0.5, 0.6) is 0 Å². The maximum absolute atomic E-state index is 5.91. The van der Waals surface area contributed by atoms with Crippen LogP contribution in [0.25, 0.3) is 43.6 Å². The molecule has 0 atom stereocenters. The quantitative estimate of drug-likeness (QED) is 0.267. The Kier molecular flexibility index (Phi) is 6.37. The summed E-state index contributed by atoms with van der Waals surface area (Å²) in [5, 5.41) is 5.12. The molecule has 4 aromatic heterocycles. The van der Waals surface area contributed by atoms with Crippen molar-refractivity contribution in [2.24, 2.45) is 5.73 Å². The number of nitrogens with zero attached hydrogens (tertiary/aromatic N) is 5.